The minimum atomic E-state index is -0.737. The quantitative estimate of drug-likeness (QED) is 0.275. The summed E-state index contributed by atoms with van der Waals surface area (Å²) < 4.78 is 31.6. The van der Waals surface area contributed by atoms with Gasteiger partial charge in [0.15, 0.2) is 0 Å². The van der Waals surface area contributed by atoms with Gasteiger partial charge < -0.3 is 4.90 Å². The second-order valence-electron chi connectivity index (χ2n) is 8.20. The Kier molecular flexibility index (Phi) is 5.89. The first-order valence-electron chi connectivity index (χ1n) is 11.0. The first-order valence-corrected chi connectivity index (χ1v) is 11.8. The Bertz CT molecular complexity index is 1510. The number of halogens is 2. The van der Waals surface area contributed by atoms with Crippen molar-refractivity contribution in [2.24, 2.45) is 7.05 Å². The number of hydrogen-bond donors (Lipinski definition) is 0. The van der Waals surface area contributed by atoms with Crippen LogP contribution in [0.4, 0.5) is 8.78 Å². The van der Waals surface area contributed by atoms with E-state index in [1.54, 1.807) is 15.8 Å². The van der Waals surface area contributed by atoms with E-state index in [0.717, 1.165) is 27.4 Å². The lowest BCUT2D eigenvalue weighted by atomic mass is 10.0. The van der Waals surface area contributed by atoms with Crippen molar-refractivity contribution in [3.05, 3.63) is 72.1 Å². The van der Waals surface area contributed by atoms with Crippen molar-refractivity contribution < 1.29 is 13.6 Å². The normalized spacial score (nSPS) is 16.3. The second-order valence-corrected chi connectivity index (χ2v) is 9.12. The fourth-order valence-corrected chi connectivity index (χ4v) is 5.33. The summed E-state index contributed by atoms with van der Waals surface area (Å²) in [7, 11) is 1.83. The van der Waals surface area contributed by atoms with E-state index in [1.165, 1.54) is 23.5 Å². The summed E-state index contributed by atoms with van der Waals surface area (Å²) in [5.41, 5.74) is 3.89. The van der Waals surface area contributed by atoms with Gasteiger partial charge in [-0.15, -0.1) is 11.3 Å². The smallest absolute Gasteiger partial charge is 0.246 e. The molecular formula is C25H22F2N6OS. The van der Waals surface area contributed by atoms with Crippen LogP contribution in [0.25, 0.3) is 38.8 Å². The number of carbonyl (C=O) groups is 1. The van der Waals surface area contributed by atoms with Crippen LogP contribution in [0.15, 0.2) is 60.8 Å². The zero-order valence-electron chi connectivity index (χ0n) is 19.2. The number of thiophene rings is 1. The summed E-state index contributed by atoms with van der Waals surface area (Å²) in [5, 5.41) is 11.8. The third-order valence-electron chi connectivity index (χ3n) is 6.09. The minimum Gasteiger partial charge on any atom is -0.329 e. The number of hydrogen-bond acceptors (Lipinski definition) is 5. The van der Waals surface area contributed by atoms with Gasteiger partial charge in [0.05, 0.1) is 36.5 Å². The van der Waals surface area contributed by atoms with Gasteiger partial charge in [0, 0.05) is 47.1 Å². The molecule has 7 nitrogen and oxygen atoms in total. The minimum absolute atomic E-state index is 0.146. The largest absolute Gasteiger partial charge is 0.329 e. The third kappa shape index (κ3) is 3.99. The van der Waals surface area contributed by atoms with Crippen LogP contribution in [0.3, 0.4) is 0 Å². The van der Waals surface area contributed by atoms with Crippen LogP contribution in [0.2, 0.25) is 0 Å². The highest BCUT2D eigenvalue weighted by molar-refractivity contribution is 7.17. The molecule has 0 spiro atoms. The molecule has 4 aromatic rings. The predicted molar refractivity (Wildman–Crippen MR) is 133 cm³/mol. The molecule has 5 heterocycles. The number of pyridine rings is 1. The zero-order chi connectivity index (χ0) is 24.7. The molecule has 5 rings (SSSR count). The summed E-state index contributed by atoms with van der Waals surface area (Å²) in [6.07, 6.45) is 7.10. The SMILES string of the molecule is C=CC(=O)N1CCn2nc(-c3nc(-c4cnn(C)c4)c4ccsc4c3C=C(F)/C=C/F)cc2C1C. The molecule has 178 valence electrons. The van der Waals surface area contributed by atoms with Crippen molar-refractivity contribution in [2.45, 2.75) is 19.5 Å². The molecular weight excluding hydrogens is 470 g/mol. The molecule has 0 N–H and O–H groups in total. The van der Waals surface area contributed by atoms with Crippen LogP contribution >= 0.6 is 11.3 Å². The van der Waals surface area contributed by atoms with E-state index in [4.69, 9.17) is 10.1 Å². The molecule has 1 amide bonds. The molecule has 0 aromatic carbocycles. The molecule has 0 saturated carbocycles. The zero-order valence-corrected chi connectivity index (χ0v) is 20.0. The highest BCUT2D eigenvalue weighted by atomic mass is 32.1. The summed E-state index contributed by atoms with van der Waals surface area (Å²) in [5.74, 6) is -0.883. The number of allylic oxidation sites excluding steroid dienone is 2. The lowest BCUT2D eigenvalue weighted by Crippen LogP contribution is -2.40. The molecule has 0 radical (unpaired) electrons. The van der Waals surface area contributed by atoms with Gasteiger partial charge in [-0.2, -0.15) is 10.2 Å². The third-order valence-corrected chi connectivity index (χ3v) is 7.03. The Balaban J connectivity index is 1.74. The number of amides is 1. The second kappa shape index (κ2) is 9.03. The number of nitrogens with zero attached hydrogens (tertiary/aromatic N) is 6. The summed E-state index contributed by atoms with van der Waals surface area (Å²) in [6, 6.07) is 3.59. The first-order chi connectivity index (χ1) is 16.9. The van der Waals surface area contributed by atoms with Gasteiger partial charge in [0.25, 0.3) is 0 Å². The maximum absolute atomic E-state index is 14.5. The maximum atomic E-state index is 14.5. The molecule has 0 aliphatic carbocycles. The van der Waals surface area contributed by atoms with Crippen molar-refractivity contribution in [3.63, 3.8) is 0 Å². The molecule has 10 heteroatoms. The standard InChI is InChI=1S/C25H22F2N6OS/c1-4-22(34)32-8-9-33-21(15(32)2)12-20(30-33)24-19(11-17(27)5-7-26)25-18(6-10-35-25)23(29-24)16-13-28-31(3)14-16/h4-7,10-15H,1,8-9H2,2-3H3/b7-5+,17-11?. The van der Waals surface area contributed by atoms with E-state index >= 15 is 0 Å². The van der Waals surface area contributed by atoms with Crippen molar-refractivity contribution in [3.8, 4) is 22.6 Å². The Hall–Kier alpha value is -3.92. The fraction of sp³-hybridized carbons (Fsp3) is 0.200. The topological polar surface area (TPSA) is 68.8 Å². The molecule has 1 aliphatic rings. The number of aryl methyl sites for hydroxylation is 1. The molecule has 35 heavy (non-hydrogen) atoms. The van der Waals surface area contributed by atoms with Crippen molar-refractivity contribution in [1.82, 2.24) is 29.4 Å². The van der Waals surface area contributed by atoms with E-state index in [1.807, 2.05) is 42.4 Å². The van der Waals surface area contributed by atoms with Gasteiger partial charge in [0.1, 0.15) is 17.2 Å². The van der Waals surface area contributed by atoms with Gasteiger partial charge in [-0.05, 0) is 36.6 Å². The summed E-state index contributed by atoms with van der Waals surface area (Å²) in [6.45, 7) is 6.54. The van der Waals surface area contributed by atoms with Gasteiger partial charge in [-0.1, -0.05) is 6.58 Å². The van der Waals surface area contributed by atoms with E-state index in [0.29, 0.717) is 35.7 Å². The highest BCUT2D eigenvalue weighted by Crippen LogP contribution is 2.40. The number of fused-ring (bicyclic) bond motifs is 2. The molecule has 0 fully saturated rings. The lowest BCUT2D eigenvalue weighted by Gasteiger charge is -2.33. The Morgan fingerprint density at radius 1 is 1.31 bits per heavy atom. The van der Waals surface area contributed by atoms with E-state index in [9.17, 15) is 13.6 Å². The number of carbonyl (C=O) groups excluding carboxylic acids is 1. The van der Waals surface area contributed by atoms with E-state index < -0.39 is 5.83 Å². The van der Waals surface area contributed by atoms with Gasteiger partial charge in [0.2, 0.25) is 5.91 Å². The van der Waals surface area contributed by atoms with Crippen molar-refractivity contribution in [2.75, 3.05) is 6.54 Å². The molecule has 1 atom stereocenters. The van der Waals surface area contributed by atoms with Crippen LogP contribution in [0, 0.1) is 0 Å². The van der Waals surface area contributed by atoms with E-state index in [2.05, 4.69) is 11.7 Å². The van der Waals surface area contributed by atoms with Crippen LogP contribution in [0.5, 0.6) is 0 Å². The van der Waals surface area contributed by atoms with E-state index in [-0.39, 0.29) is 18.3 Å². The van der Waals surface area contributed by atoms with Crippen molar-refractivity contribution in [1.29, 1.82) is 0 Å². The average Bonchev–Trinajstić information content (AvgIpc) is 3.59. The Morgan fingerprint density at radius 2 is 2.14 bits per heavy atom. The molecule has 1 aliphatic heterocycles. The number of rotatable bonds is 5. The van der Waals surface area contributed by atoms with Gasteiger partial charge in [-0.3, -0.25) is 14.2 Å². The van der Waals surface area contributed by atoms with Gasteiger partial charge >= 0.3 is 0 Å². The monoisotopic (exact) mass is 492 g/mol. The first kappa shape index (κ1) is 22.9. The van der Waals surface area contributed by atoms with Gasteiger partial charge in [-0.25, -0.2) is 13.8 Å². The summed E-state index contributed by atoms with van der Waals surface area (Å²) in [4.78, 5) is 19.0. The highest BCUT2D eigenvalue weighted by Gasteiger charge is 2.29. The van der Waals surface area contributed by atoms with Crippen LogP contribution in [0.1, 0.15) is 24.2 Å². The Morgan fingerprint density at radius 3 is 2.86 bits per heavy atom. The number of aromatic nitrogens is 5. The lowest BCUT2D eigenvalue weighted by molar-refractivity contribution is -0.129. The summed E-state index contributed by atoms with van der Waals surface area (Å²) >= 11 is 1.45. The average molecular weight is 493 g/mol. The maximum Gasteiger partial charge on any atom is 0.246 e. The molecule has 0 saturated heterocycles. The predicted octanol–water partition coefficient (Wildman–Crippen LogP) is 5.44. The van der Waals surface area contributed by atoms with Crippen LogP contribution in [-0.4, -0.2) is 41.9 Å². The van der Waals surface area contributed by atoms with Crippen LogP contribution < -0.4 is 0 Å². The molecule has 0 bridgehead atoms. The molecule has 1 unspecified atom stereocenters. The van der Waals surface area contributed by atoms with Crippen LogP contribution in [-0.2, 0) is 18.4 Å². The fourth-order valence-electron chi connectivity index (χ4n) is 4.42. The molecule has 4 aromatic heterocycles. The Labute approximate surface area is 204 Å². The van der Waals surface area contributed by atoms with Crippen molar-refractivity contribution >= 4 is 33.4 Å².